The predicted molar refractivity (Wildman–Crippen MR) is 126 cm³/mol. The molecule has 156 valence electrons. The summed E-state index contributed by atoms with van der Waals surface area (Å²) in [4.78, 5) is 15.7. The van der Waals surface area contributed by atoms with Gasteiger partial charge in [0, 0.05) is 40.9 Å². The van der Waals surface area contributed by atoms with E-state index in [1.54, 1.807) is 7.11 Å². The maximum absolute atomic E-state index is 6.33. The van der Waals surface area contributed by atoms with Crippen molar-refractivity contribution in [1.29, 1.82) is 0 Å². The number of rotatable bonds is 6. The van der Waals surface area contributed by atoms with Gasteiger partial charge in [0.15, 0.2) is 0 Å². The van der Waals surface area contributed by atoms with Gasteiger partial charge in [-0.2, -0.15) is 4.98 Å². The third-order valence-corrected chi connectivity index (χ3v) is 5.61. The fourth-order valence-corrected chi connectivity index (χ4v) is 4.04. The zero-order valence-corrected chi connectivity index (χ0v) is 17.5. The molecule has 3 heterocycles. The SMILES string of the molecule is COc1ccc2[nH]cc(CCNc3nc(C)c(-c4ccc5[nH]ccc5c4)c(N)n3)c2c1. The number of fused-ring (bicyclic) bond motifs is 2. The van der Waals surface area contributed by atoms with Crippen LogP contribution in [-0.4, -0.2) is 33.6 Å². The highest BCUT2D eigenvalue weighted by molar-refractivity contribution is 5.88. The van der Waals surface area contributed by atoms with Crippen LogP contribution in [0.1, 0.15) is 11.3 Å². The smallest absolute Gasteiger partial charge is 0.224 e. The molecular formula is C24H24N6O. The maximum Gasteiger partial charge on any atom is 0.224 e. The summed E-state index contributed by atoms with van der Waals surface area (Å²) in [6, 6.07) is 14.3. The fraction of sp³-hybridized carbons (Fsp3) is 0.167. The molecule has 31 heavy (non-hydrogen) atoms. The fourth-order valence-electron chi connectivity index (χ4n) is 4.04. The summed E-state index contributed by atoms with van der Waals surface area (Å²) in [5, 5.41) is 5.60. The first-order valence-corrected chi connectivity index (χ1v) is 10.2. The lowest BCUT2D eigenvalue weighted by atomic mass is 10.0. The summed E-state index contributed by atoms with van der Waals surface area (Å²) in [7, 11) is 1.68. The summed E-state index contributed by atoms with van der Waals surface area (Å²) < 4.78 is 5.35. The molecule has 2 aromatic carbocycles. The number of aryl methyl sites for hydroxylation is 1. The quantitative estimate of drug-likeness (QED) is 0.325. The van der Waals surface area contributed by atoms with Crippen LogP contribution in [0.4, 0.5) is 11.8 Å². The minimum Gasteiger partial charge on any atom is -0.497 e. The van der Waals surface area contributed by atoms with Crippen LogP contribution in [-0.2, 0) is 6.42 Å². The van der Waals surface area contributed by atoms with Crippen LogP contribution in [0.3, 0.4) is 0 Å². The number of benzene rings is 2. The van der Waals surface area contributed by atoms with Crippen LogP contribution in [0.15, 0.2) is 54.9 Å². The first kappa shape index (κ1) is 19.0. The lowest BCUT2D eigenvalue weighted by Gasteiger charge is -2.12. The van der Waals surface area contributed by atoms with E-state index in [1.807, 2.05) is 49.6 Å². The molecule has 7 nitrogen and oxygen atoms in total. The number of hydrogen-bond acceptors (Lipinski definition) is 5. The van der Waals surface area contributed by atoms with Crippen molar-refractivity contribution in [2.24, 2.45) is 0 Å². The van der Waals surface area contributed by atoms with Crippen LogP contribution in [0.25, 0.3) is 32.9 Å². The number of nitrogens with two attached hydrogens (primary N) is 1. The summed E-state index contributed by atoms with van der Waals surface area (Å²) >= 11 is 0. The molecule has 0 atom stereocenters. The average Bonchev–Trinajstić information content (AvgIpc) is 3.39. The molecule has 0 aliphatic heterocycles. The molecule has 0 amide bonds. The van der Waals surface area contributed by atoms with Gasteiger partial charge < -0.3 is 25.8 Å². The molecule has 5 N–H and O–H groups in total. The van der Waals surface area contributed by atoms with Crippen LogP contribution >= 0.6 is 0 Å². The third-order valence-electron chi connectivity index (χ3n) is 5.61. The normalized spacial score (nSPS) is 11.3. The Balaban J connectivity index is 1.34. The van der Waals surface area contributed by atoms with Crippen LogP contribution in [0.5, 0.6) is 5.75 Å². The van der Waals surface area contributed by atoms with Crippen molar-refractivity contribution in [1.82, 2.24) is 19.9 Å². The van der Waals surface area contributed by atoms with Gasteiger partial charge in [0.2, 0.25) is 5.95 Å². The lowest BCUT2D eigenvalue weighted by molar-refractivity contribution is 0.415. The van der Waals surface area contributed by atoms with Crippen LogP contribution in [0.2, 0.25) is 0 Å². The Bertz CT molecular complexity index is 1360. The van der Waals surface area contributed by atoms with E-state index in [0.717, 1.165) is 50.8 Å². The van der Waals surface area contributed by atoms with E-state index in [1.165, 1.54) is 5.56 Å². The van der Waals surface area contributed by atoms with Crippen molar-refractivity contribution >= 4 is 33.6 Å². The number of H-pyrrole nitrogens is 2. The Labute approximate surface area is 179 Å². The molecule has 0 fully saturated rings. The number of methoxy groups -OCH3 is 1. The molecule has 0 aliphatic carbocycles. The van der Waals surface area contributed by atoms with Gasteiger partial charge in [-0.1, -0.05) is 6.07 Å². The second-order valence-electron chi connectivity index (χ2n) is 7.57. The predicted octanol–water partition coefficient (Wildman–Crippen LogP) is 4.66. The molecule has 0 saturated carbocycles. The number of hydrogen-bond donors (Lipinski definition) is 4. The van der Waals surface area contributed by atoms with E-state index in [2.05, 4.69) is 37.4 Å². The van der Waals surface area contributed by atoms with Crippen molar-refractivity contribution in [2.75, 3.05) is 24.7 Å². The Morgan fingerprint density at radius 1 is 1.03 bits per heavy atom. The maximum atomic E-state index is 6.33. The highest BCUT2D eigenvalue weighted by atomic mass is 16.5. The van der Waals surface area contributed by atoms with Gasteiger partial charge in [-0.15, -0.1) is 0 Å². The van der Waals surface area contributed by atoms with E-state index >= 15 is 0 Å². The van der Waals surface area contributed by atoms with Crippen molar-refractivity contribution in [3.63, 3.8) is 0 Å². The number of nitrogen functional groups attached to an aromatic ring is 1. The number of nitrogens with zero attached hydrogens (tertiary/aromatic N) is 2. The van der Waals surface area contributed by atoms with E-state index < -0.39 is 0 Å². The van der Waals surface area contributed by atoms with Crippen molar-refractivity contribution in [2.45, 2.75) is 13.3 Å². The molecule has 0 radical (unpaired) electrons. The molecule has 5 rings (SSSR count). The Kier molecular flexibility index (Phi) is 4.71. The zero-order valence-electron chi connectivity index (χ0n) is 17.5. The molecule has 0 unspecified atom stereocenters. The van der Waals surface area contributed by atoms with E-state index in [0.29, 0.717) is 18.3 Å². The minimum absolute atomic E-state index is 0.474. The molecule has 0 spiro atoms. The molecular weight excluding hydrogens is 388 g/mol. The van der Waals surface area contributed by atoms with Crippen molar-refractivity contribution in [3.05, 3.63) is 66.1 Å². The second kappa shape index (κ2) is 7.68. The summed E-state index contributed by atoms with van der Waals surface area (Å²) in [6.45, 7) is 2.66. The lowest BCUT2D eigenvalue weighted by Crippen LogP contribution is -2.10. The zero-order chi connectivity index (χ0) is 21.4. The first-order chi connectivity index (χ1) is 15.1. The van der Waals surface area contributed by atoms with E-state index in [-0.39, 0.29) is 0 Å². The van der Waals surface area contributed by atoms with Gasteiger partial charge in [0.25, 0.3) is 0 Å². The molecule has 3 aromatic heterocycles. The van der Waals surface area contributed by atoms with Gasteiger partial charge in [-0.05, 0) is 66.3 Å². The topological polar surface area (TPSA) is 105 Å². The molecule has 0 bridgehead atoms. The third kappa shape index (κ3) is 3.54. The van der Waals surface area contributed by atoms with E-state index in [9.17, 15) is 0 Å². The van der Waals surface area contributed by atoms with E-state index in [4.69, 9.17) is 10.5 Å². The standard InChI is InChI=1S/C24H24N6O/c1-14-22(16-3-5-20-15(11-16)7-9-26-20)23(25)30-24(29-14)27-10-8-17-13-28-21-6-4-18(31-2)12-19(17)21/h3-7,9,11-13,26,28H,8,10H2,1-2H3,(H3,25,27,29,30). The highest BCUT2D eigenvalue weighted by Crippen LogP contribution is 2.30. The molecule has 7 heteroatoms. The van der Waals surface area contributed by atoms with Gasteiger partial charge in [-0.3, -0.25) is 0 Å². The number of nitrogens with one attached hydrogen (secondary N) is 3. The number of anilines is 2. The largest absolute Gasteiger partial charge is 0.497 e. The number of aromatic nitrogens is 4. The van der Waals surface area contributed by atoms with Gasteiger partial charge >= 0.3 is 0 Å². The Hall–Kier alpha value is -4.00. The highest BCUT2D eigenvalue weighted by Gasteiger charge is 2.13. The summed E-state index contributed by atoms with van der Waals surface area (Å²) in [5.41, 5.74) is 12.5. The number of aromatic amines is 2. The first-order valence-electron chi connectivity index (χ1n) is 10.2. The number of ether oxygens (including phenoxy) is 1. The monoisotopic (exact) mass is 412 g/mol. The van der Waals surface area contributed by atoms with Crippen molar-refractivity contribution in [3.8, 4) is 16.9 Å². The Morgan fingerprint density at radius 2 is 1.90 bits per heavy atom. The minimum atomic E-state index is 0.474. The van der Waals surface area contributed by atoms with Crippen LogP contribution < -0.4 is 15.8 Å². The van der Waals surface area contributed by atoms with Gasteiger partial charge in [0.05, 0.1) is 12.8 Å². The second-order valence-corrected chi connectivity index (χ2v) is 7.57. The van der Waals surface area contributed by atoms with Crippen LogP contribution in [0, 0.1) is 6.92 Å². The Morgan fingerprint density at radius 3 is 2.74 bits per heavy atom. The van der Waals surface area contributed by atoms with Gasteiger partial charge in [-0.25, -0.2) is 4.98 Å². The average molecular weight is 412 g/mol. The van der Waals surface area contributed by atoms with Crippen molar-refractivity contribution < 1.29 is 4.74 Å². The summed E-state index contributed by atoms with van der Waals surface area (Å²) in [5.74, 6) is 1.86. The molecule has 0 aliphatic rings. The molecule has 0 saturated heterocycles. The summed E-state index contributed by atoms with van der Waals surface area (Å²) in [6.07, 6.45) is 4.78. The van der Waals surface area contributed by atoms with Gasteiger partial charge in [0.1, 0.15) is 11.6 Å². The molecule has 5 aromatic rings.